The minimum atomic E-state index is -0.299. The van der Waals surface area contributed by atoms with E-state index in [2.05, 4.69) is 21.2 Å². The van der Waals surface area contributed by atoms with Gasteiger partial charge in [0, 0.05) is 12.4 Å². The third-order valence-electron chi connectivity index (χ3n) is 2.20. The summed E-state index contributed by atoms with van der Waals surface area (Å²) in [6, 6.07) is 5.86. The summed E-state index contributed by atoms with van der Waals surface area (Å²) in [5.41, 5.74) is 0.787. The van der Waals surface area contributed by atoms with Gasteiger partial charge in [0.05, 0.1) is 19.1 Å². The number of carbonyl (C=O) groups is 1. The molecule has 0 bridgehead atoms. The molecular formula is C12H15BrFNO2. The van der Waals surface area contributed by atoms with Gasteiger partial charge in [-0.2, -0.15) is 0 Å². The smallest absolute Gasteiger partial charge is 0.224 e. The maximum absolute atomic E-state index is 12.7. The molecule has 0 aliphatic carbocycles. The van der Waals surface area contributed by atoms with Gasteiger partial charge in [-0.15, -0.1) is 0 Å². The van der Waals surface area contributed by atoms with Crippen molar-refractivity contribution >= 4 is 21.8 Å². The third kappa shape index (κ3) is 5.28. The van der Waals surface area contributed by atoms with Crippen molar-refractivity contribution in [1.82, 2.24) is 5.32 Å². The Morgan fingerprint density at radius 3 is 2.65 bits per heavy atom. The van der Waals surface area contributed by atoms with Crippen LogP contribution in [0.5, 0.6) is 0 Å². The summed E-state index contributed by atoms with van der Waals surface area (Å²) in [5.74, 6) is -0.398. The lowest BCUT2D eigenvalue weighted by molar-refractivity contribution is -0.121. The Morgan fingerprint density at radius 2 is 2.12 bits per heavy atom. The Balaban J connectivity index is 2.46. The average molecular weight is 304 g/mol. The van der Waals surface area contributed by atoms with Gasteiger partial charge in [-0.05, 0) is 17.7 Å². The summed E-state index contributed by atoms with van der Waals surface area (Å²) >= 11 is 3.30. The molecule has 3 nitrogen and oxygen atoms in total. The Labute approximate surface area is 108 Å². The first kappa shape index (κ1) is 14.1. The van der Waals surface area contributed by atoms with E-state index in [0.29, 0.717) is 11.9 Å². The van der Waals surface area contributed by atoms with Gasteiger partial charge >= 0.3 is 0 Å². The molecule has 1 N–H and O–H groups in total. The summed E-state index contributed by atoms with van der Waals surface area (Å²) in [7, 11) is 1.59. The van der Waals surface area contributed by atoms with Crippen molar-refractivity contribution in [3.8, 4) is 0 Å². The van der Waals surface area contributed by atoms with Crippen LogP contribution in [0.1, 0.15) is 5.56 Å². The molecule has 1 atom stereocenters. The Hall–Kier alpha value is -0.940. The first-order chi connectivity index (χ1) is 8.15. The first-order valence-corrected chi connectivity index (χ1v) is 6.36. The van der Waals surface area contributed by atoms with Gasteiger partial charge in [-0.1, -0.05) is 28.1 Å². The van der Waals surface area contributed by atoms with Crippen molar-refractivity contribution in [3.05, 3.63) is 35.6 Å². The highest BCUT2D eigenvalue weighted by molar-refractivity contribution is 9.09. The van der Waals surface area contributed by atoms with E-state index in [1.54, 1.807) is 19.2 Å². The molecule has 1 rings (SSSR count). The van der Waals surface area contributed by atoms with Crippen LogP contribution >= 0.6 is 15.9 Å². The van der Waals surface area contributed by atoms with E-state index in [4.69, 9.17) is 4.74 Å². The molecule has 0 fully saturated rings. The average Bonchev–Trinajstić information content (AvgIpc) is 2.31. The van der Waals surface area contributed by atoms with Crippen LogP contribution in [0, 0.1) is 5.82 Å². The zero-order chi connectivity index (χ0) is 12.7. The van der Waals surface area contributed by atoms with E-state index in [0.717, 1.165) is 5.56 Å². The van der Waals surface area contributed by atoms with Crippen molar-refractivity contribution in [2.45, 2.75) is 12.5 Å². The van der Waals surface area contributed by atoms with Crippen molar-refractivity contribution in [2.75, 3.05) is 19.0 Å². The number of carbonyl (C=O) groups excluding carboxylic acids is 1. The minimum Gasteiger partial charge on any atom is -0.383 e. The summed E-state index contributed by atoms with van der Waals surface area (Å²) in [6.07, 6.45) is 0.244. The third-order valence-corrected chi connectivity index (χ3v) is 2.98. The van der Waals surface area contributed by atoms with Crippen LogP contribution in [0.2, 0.25) is 0 Å². The van der Waals surface area contributed by atoms with E-state index in [9.17, 15) is 9.18 Å². The number of rotatable bonds is 6. The fourth-order valence-corrected chi connectivity index (χ4v) is 1.74. The molecular weight excluding hydrogens is 289 g/mol. The molecule has 17 heavy (non-hydrogen) atoms. The number of hydrogen-bond acceptors (Lipinski definition) is 2. The molecule has 0 saturated carbocycles. The molecule has 0 spiro atoms. The summed E-state index contributed by atoms with van der Waals surface area (Å²) in [4.78, 5) is 11.7. The van der Waals surface area contributed by atoms with Crippen molar-refractivity contribution in [2.24, 2.45) is 0 Å². The molecule has 0 aromatic heterocycles. The Kier molecular flexibility index (Phi) is 6.15. The molecule has 0 aliphatic heterocycles. The Morgan fingerprint density at radius 1 is 1.47 bits per heavy atom. The summed E-state index contributed by atoms with van der Waals surface area (Å²) in [6.45, 7) is 0.459. The van der Waals surface area contributed by atoms with Crippen LogP contribution in [0.25, 0.3) is 0 Å². The molecule has 1 aromatic carbocycles. The highest BCUT2D eigenvalue weighted by atomic mass is 79.9. The van der Waals surface area contributed by atoms with Gasteiger partial charge < -0.3 is 10.1 Å². The van der Waals surface area contributed by atoms with Gasteiger partial charge in [0.15, 0.2) is 0 Å². The topological polar surface area (TPSA) is 38.3 Å². The minimum absolute atomic E-state index is 0.0482. The number of halogens is 2. The highest BCUT2D eigenvalue weighted by Gasteiger charge is 2.11. The van der Waals surface area contributed by atoms with Gasteiger partial charge in [-0.3, -0.25) is 4.79 Å². The van der Waals surface area contributed by atoms with E-state index in [1.807, 2.05) is 0 Å². The SMILES string of the molecule is COCC(CBr)NC(=O)Cc1ccc(F)cc1. The van der Waals surface area contributed by atoms with Crippen LogP contribution in [0.4, 0.5) is 4.39 Å². The maximum atomic E-state index is 12.7. The molecule has 0 radical (unpaired) electrons. The van der Waals surface area contributed by atoms with Crippen LogP contribution < -0.4 is 5.32 Å². The normalized spacial score (nSPS) is 12.2. The number of methoxy groups -OCH3 is 1. The van der Waals surface area contributed by atoms with E-state index in [-0.39, 0.29) is 24.2 Å². The quantitative estimate of drug-likeness (QED) is 0.815. The second kappa shape index (κ2) is 7.40. The second-order valence-corrected chi connectivity index (χ2v) is 4.32. The fourth-order valence-electron chi connectivity index (χ4n) is 1.39. The van der Waals surface area contributed by atoms with Crippen LogP contribution in [-0.4, -0.2) is 31.0 Å². The lowest BCUT2D eigenvalue weighted by Crippen LogP contribution is -2.40. The molecule has 0 heterocycles. The molecule has 0 saturated heterocycles. The van der Waals surface area contributed by atoms with Crippen LogP contribution in [0.15, 0.2) is 24.3 Å². The molecule has 5 heteroatoms. The van der Waals surface area contributed by atoms with Gasteiger partial charge in [-0.25, -0.2) is 4.39 Å². The fraction of sp³-hybridized carbons (Fsp3) is 0.417. The van der Waals surface area contributed by atoms with Crippen LogP contribution in [0.3, 0.4) is 0 Å². The van der Waals surface area contributed by atoms with Crippen molar-refractivity contribution < 1.29 is 13.9 Å². The number of ether oxygens (including phenoxy) is 1. The van der Waals surface area contributed by atoms with Crippen molar-refractivity contribution in [1.29, 1.82) is 0 Å². The predicted octanol–water partition coefficient (Wildman–Crippen LogP) is 1.89. The maximum Gasteiger partial charge on any atom is 0.224 e. The molecule has 1 amide bonds. The predicted molar refractivity (Wildman–Crippen MR) is 67.7 cm³/mol. The Bertz CT molecular complexity index is 356. The standard InChI is InChI=1S/C12H15BrFNO2/c1-17-8-11(7-13)15-12(16)6-9-2-4-10(14)5-3-9/h2-5,11H,6-8H2,1H3,(H,15,16). The van der Waals surface area contributed by atoms with Gasteiger partial charge in [0.25, 0.3) is 0 Å². The summed E-state index contributed by atoms with van der Waals surface area (Å²) < 4.78 is 17.6. The van der Waals surface area contributed by atoms with Gasteiger partial charge in [0.1, 0.15) is 5.82 Å². The number of alkyl halides is 1. The lowest BCUT2D eigenvalue weighted by atomic mass is 10.1. The second-order valence-electron chi connectivity index (χ2n) is 3.68. The van der Waals surface area contributed by atoms with Crippen LogP contribution in [-0.2, 0) is 16.0 Å². The molecule has 0 aliphatic rings. The van der Waals surface area contributed by atoms with E-state index in [1.165, 1.54) is 12.1 Å². The number of amides is 1. The number of nitrogens with one attached hydrogen (secondary N) is 1. The number of hydrogen-bond donors (Lipinski definition) is 1. The zero-order valence-corrected chi connectivity index (χ0v) is 11.2. The summed E-state index contributed by atoms with van der Waals surface area (Å²) in [5, 5.41) is 3.46. The molecule has 1 aromatic rings. The highest BCUT2D eigenvalue weighted by Crippen LogP contribution is 2.04. The monoisotopic (exact) mass is 303 g/mol. The zero-order valence-electron chi connectivity index (χ0n) is 9.58. The van der Waals surface area contributed by atoms with E-state index >= 15 is 0 Å². The largest absolute Gasteiger partial charge is 0.383 e. The molecule has 94 valence electrons. The lowest BCUT2D eigenvalue weighted by Gasteiger charge is -2.15. The van der Waals surface area contributed by atoms with Gasteiger partial charge in [0.2, 0.25) is 5.91 Å². The molecule has 1 unspecified atom stereocenters. The first-order valence-electron chi connectivity index (χ1n) is 5.24. The number of benzene rings is 1. The van der Waals surface area contributed by atoms with E-state index < -0.39 is 0 Å². The van der Waals surface area contributed by atoms with Crippen molar-refractivity contribution in [3.63, 3.8) is 0 Å².